The number of nitrogens with zero attached hydrogens (tertiary/aromatic N) is 2. The normalized spacial score (nSPS) is 19.9. The first kappa shape index (κ1) is 14.5. The van der Waals surface area contributed by atoms with E-state index >= 15 is 0 Å². The van der Waals surface area contributed by atoms with Crippen molar-refractivity contribution in [2.24, 2.45) is 5.41 Å². The van der Waals surface area contributed by atoms with Crippen molar-refractivity contribution >= 4 is 15.9 Å². The summed E-state index contributed by atoms with van der Waals surface area (Å²) in [7, 11) is 6.58. The van der Waals surface area contributed by atoms with E-state index in [0.29, 0.717) is 5.41 Å². The van der Waals surface area contributed by atoms with Crippen LogP contribution in [0, 0.1) is 5.41 Å². The van der Waals surface area contributed by atoms with Gasteiger partial charge >= 0.3 is 0 Å². The van der Waals surface area contributed by atoms with Gasteiger partial charge in [-0.3, -0.25) is 0 Å². The molecule has 0 heterocycles. The molecule has 16 heavy (non-hydrogen) atoms. The quantitative estimate of drug-likeness (QED) is 0.666. The molecule has 1 aliphatic carbocycles. The van der Waals surface area contributed by atoms with Crippen LogP contribution in [0.25, 0.3) is 0 Å². The molecule has 0 bridgehead atoms. The third kappa shape index (κ3) is 4.72. The molecule has 1 aliphatic rings. The van der Waals surface area contributed by atoms with Gasteiger partial charge in [-0.2, -0.15) is 0 Å². The van der Waals surface area contributed by atoms with Crippen molar-refractivity contribution in [3.8, 4) is 0 Å². The van der Waals surface area contributed by atoms with Crippen molar-refractivity contribution < 1.29 is 0 Å². The first-order chi connectivity index (χ1) is 7.58. The maximum absolute atomic E-state index is 3.72. The van der Waals surface area contributed by atoms with Gasteiger partial charge < -0.3 is 9.80 Å². The predicted molar refractivity (Wildman–Crippen MR) is 75.4 cm³/mol. The molecule has 0 unspecified atom stereocenters. The molecule has 0 aromatic carbocycles. The Labute approximate surface area is 109 Å². The van der Waals surface area contributed by atoms with Crippen LogP contribution in [0.3, 0.4) is 0 Å². The van der Waals surface area contributed by atoms with Crippen LogP contribution in [0.15, 0.2) is 0 Å². The summed E-state index contributed by atoms with van der Waals surface area (Å²) >= 11 is 3.72. The molecule has 96 valence electrons. The maximum atomic E-state index is 3.72. The van der Waals surface area contributed by atoms with E-state index in [4.69, 9.17) is 0 Å². The molecule has 0 atom stereocenters. The largest absolute Gasteiger partial charge is 0.309 e. The third-order valence-corrected chi connectivity index (χ3v) is 4.89. The fraction of sp³-hybridized carbons (Fsp3) is 1.00. The Hall–Kier alpha value is 0.400. The first-order valence-electron chi connectivity index (χ1n) is 6.47. The minimum absolute atomic E-state index is 0.576. The zero-order valence-corrected chi connectivity index (χ0v) is 12.7. The van der Waals surface area contributed by atoms with E-state index in [2.05, 4.69) is 46.9 Å². The van der Waals surface area contributed by atoms with Gasteiger partial charge in [0.1, 0.15) is 0 Å². The Morgan fingerprint density at radius 1 is 1.06 bits per heavy atom. The molecule has 3 heteroatoms. The fourth-order valence-electron chi connectivity index (χ4n) is 2.77. The van der Waals surface area contributed by atoms with Crippen LogP contribution in [0.2, 0.25) is 0 Å². The van der Waals surface area contributed by atoms with E-state index < -0.39 is 0 Å². The zero-order chi connectivity index (χ0) is 12.0. The van der Waals surface area contributed by atoms with Crippen molar-refractivity contribution in [2.45, 2.75) is 32.1 Å². The number of hydrogen-bond acceptors (Lipinski definition) is 2. The minimum Gasteiger partial charge on any atom is -0.309 e. The van der Waals surface area contributed by atoms with E-state index in [0.717, 1.165) is 0 Å². The molecule has 0 saturated heterocycles. The van der Waals surface area contributed by atoms with Crippen molar-refractivity contribution in [1.29, 1.82) is 0 Å². The van der Waals surface area contributed by atoms with E-state index in [-0.39, 0.29) is 0 Å². The molecular weight excluding hydrogens is 264 g/mol. The highest BCUT2D eigenvalue weighted by molar-refractivity contribution is 9.09. The second kappa shape index (κ2) is 6.97. The molecule has 0 aromatic rings. The lowest BCUT2D eigenvalue weighted by molar-refractivity contribution is 0.195. The summed E-state index contributed by atoms with van der Waals surface area (Å²) in [6.45, 7) is 3.70. The van der Waals surface area contributed by atoms with Gasteiger partial charge in [0.05, 0.1) is 0 Å². The van der Waals surface area contributed by atoms with Gasteiger partial charge in [0.15, 0.2) is 0 Å². The summed E-state index contributed by atoms with van der Waals surface area (Å²) in [5.74, 6) is 0. The summed E-state index contributed by atoms with van der Waals surface area (Å²) < 4.78 is 0. The number of rotatable bonds is 7. The van der Waals surface area contributed by atoms with Gasteiger partial charge in [-0.05, 0) is 58.9 Å². The number of halogens is 1. The van der Waals surface area contributed by atoms with Crippen molar-refractivity contribution in [1.82, 2.24) is 9.80 Å². The van der Waals surface area contributed by atoms with Crippen molar-refractivity contribution in [2.75, 3.05) is 46.1 Å². The van der Waals surface area contributed by atoms with Crippen molar-refractivity contribution in [3.05, 3.63) is 0 Å². The molecule has 0 aliphatic heterocycles. The summed E-state index contributed by atoms with van der Waals surface area (Å²) in [5, 5.41) is 1.18. The van der Waals surface area contributed by atoms with Crippen LogP contribution in [0.5, 0.6) is 0 Å². The lowest BCUT2D eigenvalue weighted by atomic mass is 9.88. The highest BCUT2D eigenvalue weighted by Gasteiger charge is 2.33. The molecule has 0 amide bonds. The topological polar surface area (TPSA) is 6.48 Å². The lowest BCUT2D eigenvalue weighted by Gasteiger charge is -2.32. The summed E-state index contributed by atoms with van der Waals surface area (Å²) in [6, 6.07) is 0. The van der Waals surface area contributed by atoms with Crippen LogP contribution < -0.4 is 0 Å². The summed E-state index contributed by atoms with van der Waals surface area (Å²) in [4.78, 5) is 4.79. The Kier molecular flexibility index (Phi) is 6.30. The fourth-order valence-corrected chi connectivity index (χ4v) is 3.51. The average Bonchev–Trinajstić information content (AvgIpc) is 2.66. The van der Waals surface area contributed by atoms with E-state index in [1.54, 1.807) is 0 Å². The smallest absolute Gasteiger partial charge is 0.0100 e. The van der Waals surface area contributed by atoms with Gasteiger partial charge in [-0.25, -0.2) is 0 Å². The van der Waals surface area contributed by atoms with E-state index in [1.165, 1.54) is 57.1 Å². The van der Waals surface area contributed by atoms with Crippen LogP contribution in [0.1, 0.15) is 32.1 Å². The molecule has 1 saturated carbocycles. The van der Waals surface area contributed by atoms with Gasteiger partial charge in [0.2, 0.25) is 0 Å². The van der Waals surface area contributed by atoms with Gasteiger partial charge in [-0.15, -0.1) is 0 Å². The van der Waals surface area contributed by atoms with E-state index in [9.17, 15) is 0 Å². The molecule has 1 fully saturated rings. The molecule has 0 aromatic heterocycles. The Bertz CT molecular complexity index is 188. The molecule has 0 N–H and O–H groups in total. The van der Waals surface area contributed by atoms with Crippen LogP contribution in [0.4, 0.5) is 0 Å². The average molecular weight is 291 g/mol. The Morgan fingerprint density at radius 2 is 1.69 bits per heavy atom. The predicted octanol–water partition coefficient (Wildman–Crippen LogP) is 2.83. The highest BCUT2D eigenvalue weighted by atomic mass is 79.9. The maximum Gasteiger partial charge on any atom is 0.0100 e. The second-order valence-electron chi connectivity index (χ2n) is 5.74. The Balaban J connectivity index is 2.24. The molecule has 0 radical (unpaired) electrons. The van der Waals surface area contributed by atoms with Crippen molar-refractivity contribution in [3.63, 3.8) is 0 Å². The third-order valence-electron chi connectivity index (χ3n) is 3.70. The number of alkyl halides is 1. The standard InChI is InChI=1S/C13H27BrN2/c1-15(2)9-6-10-16(3)12-13(11-14)7-4-5-8-13/h4-12H2,1-3H3. The summed E-state index contributed by atoms with van der Waals surface area (Å²) in [5.41, 5.74) is 0.576. The lowest BCUT2D eigenvalue weighted by Crippen LogP contribution is -2.36. The second-order valence-corrected chi connectivity index (χ2v) is 6.30. The SMILES string of the molecule is CN(C)CCCN(C)CC1(CBr)CCCC1. The number of hydrogen-bond donors (Lipinski definition) is 0. The monoisotopic (exact) mass is 290 g/mol. The van der Waals surface area contributed by atoms with Crippen LogP contribution in [-0.2, 0) is 0 Å². The molecule has 0 spiro atoms. The Morgan fingerprint density at radius 3 is 2.19 bits per heavy atom. The van der Waals surface area contributed by atoms with Gasteiger partial charge in [0.25, 0.3) is 0 Å². The van der Waals surface area contributed by atoms with Gasteiger partial charge in [0, 0.05) is 11.9 Å². The molecular formula is C13H27BrN2. The first-order valence-corrected chi connectivity index (χ1v) is 7.59. The van der Waals surface area contributed by atoms with Crippen LogP contribution >= 0.6 is 15.9 Å². The van der Waals surface area contributed by atoms with Gasteiger partial charge in [-0.1, -0.05) is 28.8 Å². The summed E-state index contributed by atoms with van der Waals surface area (Å²) in [6.07, 6.45) is 6.96. The van der Waals surface area contributed by atoms with Crippen LogP contribution in [-0.4, -0.2) is 55.9 Å². The molecule has 1 rings (SSSR count). The molecule has 2 nitrogen and oxygen atoms in total. The highest BCUT2D eigenvalue weighted by Crippen LogP contribution is 2.40. The van der Waals surface area contributed by atoms with E-state index in [1.807, 2.05) is 0 Å². The zero-order valence-electron chi connectivity index (χ0n) is 11.1. The minimum atomic E-state index is 0.576.